The Kier molecular flexibility index (Phi) is 4.39. The highest BCUT2D eigenvalue weighted by atomic mass is 16.2. The summed E-state index contributed by atoms with van der Waals surface area (Å²) in [5.74, 6) is 1.15. The van der Waals surface area contributed by atoms with Crippen molar-refractivity contribution in [2.45, 2.75) is 63.8 Å². The maximum absolute atomic E-state index is 12.4. The van der Waals surface area contributed by atoms with E-state index < -0.39 is 0 Å². The van der Waals surface area contributed by atoms with Crippen molar-refractivity contribution in [2.75, 3.05) is 13.1 Å². The van der Waals surface area contributed by atoms with Crippen molar-refractivity contribution < 1.29 is 9.59 Å². The van der Waals surface area contributed by atoms with Gasteiger partial charge in [-0.1, -0.05) is 32.1 Å². The molecule has 2 aliphatic heterocycles. The Hall–Kier alpha value is -0.900. The molecule has 0 aromatic heterocycles. The summed E-state index contributed by atoms with van der Waals surface area (Å²) in [4.78, 5) is 26.5. The van der Waals surface area contributed by atoms with E-state index in [1.165, 1.54) is 32.1 Å². The minimum absolute atomic E-state index is 0.101. The van der Waals surface area contributed by atoms with Crippen LogP contribution in [-0.2, 0) is 9.59 Å². The zero-order valence-electron chi connectivity index (χ0n) is 12.3. The fraction of sp³-hybridized carbons (Fsp3) is 0.875. The van der Waals surface area contributed by atoms with Crippen molar-refractivity contribution in [1.29, 1.82) is 0 Å². The smallest absolute Gasteiger partial charge is 0.229 e. The van der Waals surface area contributed by atoms with Gasteiger partial charge in [-0.2, -0.15) is 0 Å². The highest BCUT2D eigenvalue weighted by Gasteiger charge is 2.39. The van der Waals surface area contributed by atoms with E-state index in [2.05, 4.69) is 5.32 Å². The van der Waals surface area contributed by atoms with Crippen LogP contribution in [0.15, 0.2) is 0 Å². The molecule has 0 bridgehead atoms. The van der Waals surface area contributed by atoms with Crippen molar-refractivity contribution in [1.82, 2.24) is 10.2 Å². The zero-order chi connectivity index (χ0) is 13.9. The van der Waals surface area contributed by atoms with Crippen molar-refractivity contribution >= 4 is 11.8 Å². The molecule has 1 saturated carbocycles. The van der Waals surface area contributed by atoms with Gasteiger partial charge in [0, 0.05) is 18.9 Å². The van der Waals surface area contributed by atoms with Crippen LogP contribution in [0.25, 0.3) is 0 Å². The number of likely N-dealkylation sites (tertiary alicyclic amines) is 1. The quantitative estimate of drug-likeness (QED) is 0.787. The summed E-state index contributed by atoms with van der Waals surface area (Å²) in [7, 11) is 0. The summed E-state index contributed by atoms with van der Waals surface area (Å²) in [5.41, 5.74) is 0. The first-order chi connectivity index (χ1) is 9.75. The third-order valence-corrected chi connectivity index (χ3v) is 5.40. The van der Waals surface area contributed by atoms with Gasteiger partial charge in [0.1, 0.15) is 0 Å². The Morgan fingerprint density at radius 1 is 0.800 bits per heavy atom. The number of amides is 2. The van der Waals surface area contributed by atoms with E-state index in [4.69, 9.17) is 0 Å². The lowest BCUT2D eigenvalue weighted by molar-refractivity contribution is -0.154. The van der Waals surface area contributed by atoms with E-state index in [1.807, 2.05) is 0 Å². The number of nitrogens with zero attached hydrogens (tertiary/aromatic N) is 1. The van der Waals surface area contributed by atoms with Gasteiger partial charge in [-0.25, -0.2) is 0 Å². The maximum Gasteiger partial charge on any atom is 0.229 e. The van der Waals surface area contributed by atoms with Crippen LogP contribution in [0.5, 0.6) is 0 Å². The van der Waals surface area contributed by atoms with E-state index in [0.29, 0.717) is 24.7 Å². The molecule has 4 nitrogen and oxygen atoms in total. The van der Waals surface area contributed by atoms with Gasteiger partial charge in [-0.05, 0) is 37.8 Å². The zero-order valence-corrected chi connectivity index (χ0v) is 12.3. The minimum atomic E-state index is 0.101. The van der Waals surface area contributed by atoms with Crippen molar-refractivity contribution in [2.24, 2.45) is 11.8 Å². The van der Waals surface area contributed by atoms with Crippen LogP contribution in [0.4, 0.5) is 0 Å². The summed E-state index contributed by atoms with van der Waals surface area (Å²) in [6, 6.07) is 0.156. The molecular formula is C16H26N2O2. The lowest BCUT2D eigenvalue weighted by atomic mass is 9.75. The second kappa shape index (κ2) is 6.25. The van der Waals surface area contributed by atoms with Gasteiger partial charge in [0.2, 0.25) is 11.8 Å². The summed E-state index contributed by atoms with van der Waals surface area (Å²) < 4.78 is 0. The van der Waals surface area contributed by atoms with Gasteiger partial charge in [-0.15, -0.1) is 0 Å². The molecule has 0 atom stereocenters. The molecule has 112 valence electrons. The van der Waals surface area contributed by atoms with Crippen molar-refractivity contribution in [3.05, 3.63) is 0 Å². The highest BCUT2D eigenvalue weighted by Crippen LogP contribution is 2.37. The second-order valence-corrected chi connectivity index (χ2v) is 6.71. The average Bonchev–Trinajstić information content (AvgIpc) is 2.48. The molecule has 2 amide bonds. The number of carbonyl (C=O) groups excluding carboxylic acids is 2. The maximum atomic E-state index is 12.4. The van der Waals surface area contributed by atoms with Gasteiger partial charge < -0.3 is 5.32 Å². The van der Waals surface area contributed by atoms with E-state index in [-0.39, 0.29) is 17.9 Å². The van der Waals surface area contributed by atoms with Crippen LogP contribution >= 0.6 is 0 Å². The van der Waals surface area contributed by atoms with E-state index in [9.17, 15) is 9.59 Å². The second-order valence-electron chi connectivity index (χ2n) is 6.71. The molecule has 0 radical (unpaired) electrons. The normalized spacial score (nSPS) is 28.1. The van der Waals surface area contributed by atoms with Crippen molar-refractivity contribution in [3.8, 4) is 0 Å². The lowest BCUT2D eigenvalue weighted by Gasteiger charge is -2.40. The van der Waals surface area contributed by atoms with Crippen LogP contribution in [0.3, 0.4) is 0 Å². The van der Waals surface area contributed by atoms with E-state index >= 15 is 0 Å². The highest BCUT2D eigenvalue weighted by molar-refractivity contribution is 5.98. The summed E-state index contributed by atoms with van der Waals surface area (Å²) in [6.45, 7) is 1.85. The number of hydrogen-bond donors (Lipinski definition) is 1. The molecule has 4 heteroatoms. The molecule has 1 aliphatic carbocycles. The fourth-order valence-corrected chi connectivity index (χ4v) is 4.27. The van der Waals surface area contributed by atoms with Crippen LogP contribution in [0.2, 0.25) is 0 Å². The molecule has 0 aromatic carbocycles. The molecule has 0 aromatic rings. The van der Waals surface area contributed by atoms with E-state index in [1.54, 1.807) is 4.90 Å². The molecule has 1 N–H and O–H groups in total. The molecule has 2 heterocycles. The lowest BCUT2D eigenvalue weighted by Crippen LogP contribution is -2.53. The Labute approximate surface area is 121 Å². The molecule has 0 spiro atoms. The van der Waals surface area contributed by atoms with Crippen LogP contribution < -0.4 is 5.32 Å². The first kappa shape index (κ1) is 14.1. The van der Waals surface area contributed by atoms with E-state index in [0.717, 1.165) is 25.9 Å². The van der Waals surface area contributed by atoms with Crippen LogP contribution in [0.1, 0.15) is 57.8 Å². The monoisotopic (exact) mass is 278 g/mol. The largest absolute Gasteiger partial charge is 0.317 e. The number of hydrogen-bond acceptors (Lipinski definition) is 3. The Morgan fingerprint density at radius 3 is 2.00 bits per heavy atom. The molecule has 20 heavy (non-hydrogen) atoms. The molecule has 3 fully saturated rings. The number of imide groups is 1. The first-order valence-electron chi connectivity index (χ1n) is 8.31. The number of carbonyl (C=O) groups is 2. The Morgan fingerprint density at radius 2 is 1.40 bits per heavy atom. The number of nitrogens with one attached hydrogen (secondary N) is 1. The first-order valence-corrected chi connectivity index (χ1v) is 8.31. The van der Waals surface area contributed by atoms with Crippen LogP contribution in [-0.4, -0.2) is 35.8 Å². The summed E-state index contributed by atoms with van der Waals surface area (Å²) >= 11 is 0. The number of rotatable bonds is 2. The summed E-state index contributed by atoms with van der Waals surface area (Å²) in [6.07, 6.45) is 9.39. The summed E-state index contributed by atoms with van der Waals surface area (Å²) in [5, 5.41) is 3.29. The van der Waals surface area contributed by atoms with Crippen molar-refractivity contribution in [3.63, 3.8) is 0 Å². The van der Waals surface area contributed by atoms with Gasteiger partial charge in [0.25, 0.3) is 0 Å². The standard InChI is InChI=1S/C16H26N2O2/c19-15-10-13(12-4-2-1-3-5-12)11-16(20)18(15)14-6-8-17-9-7-14/h12-14,17H,1-11H2. The SMILES string of the molecule is O=C1CC(C2CCCCC2)CC(=O)N1C1CCNCC1. The topological polar surface area (TPSA) is 49.4 Å². The molecule has 3 aliphatic rings. The Balaban J connectivity index is 1.63. The number of piperidine rings is 2. The predicted octanol–water partition coefficient (Wildman–Crippen LogP) is 2.08. The molecule has 0 unspecified atom stereocenters. The van der Waals surface area contributed by atoms with Gasteiger partial charge in [-0.3, -0.25) is 14.5 Å². The Bertz CT molecular complexity index is 353. The van der Waals surface area contributed by atoms with Gasteiger partial charge >= 0.3 is 0 Å². The predicted molar refractivity (Wildman–Crippen MR) is 77.0 cm³/mol. The fourth-order valence-electron chi connectivity index (χ4n) is 4.27. The molecule has 3 rings (SSSR count). The minimum Gasteiger partial charge on any atom is -0.317 e. The van der Waals surface area contributed by atoms with Crippen LogP contribution in [0, 0.1) is 11.8 Å². The average molecular weight is 278 g/mol. The van der Waals surface area contributed by atoms with Gasteiger partial charge in [0.05, 0.1) is 0 Å². The van der Waals surface area contributed by atoms with Gasteiger partial charge in [0.15, 0.2) is 0 Å². The third-order valence-electron chi connectivity index (χ3n) is 5.40. The third kappa shape index (κ3) is 2.90. The molecule has 2 saturated heterocycles. The molecular weight excluding hydrogens is 252 g/mol.